The molecule has 136 valence electrons. The molecule has 6 heteroatoms. The Balaban J connectivity index is 1.70. The topological polar surface area (TPSA) is 80.6 Å². The molecule has 0 bridgehead atoms. The molecule has 0 saturated carbocycles. The summed E-state index contributed by atoms with van der Waals surface area (Å²) in [5, 5.41) is 5.94. The van der Waals surface area contributed by atoms with E-state index in [-0.39, 0.29) is 12.5 Å². The van der Waals surface area contributed by atoms with Crippen molar-refractivity contribution in [3.63, 3.8) is 0 Å². The van der Waals surface area contributed by atoms with E-state index in [4.69, 9.17) is 15.6 Å². The Morgan fingerprint density at radius 3 is 2.78 bits per heavy atom. The Morgan fingerprint density at radius 1 is 1.22 bits per heavy atom. The molecule has 0 unspecified atom stereocenters. The van der Waals surface area contributed by atoms with Crippen molar-refractivity contribution in [1.29, 1.82) is 0 Å². The van der Waals surface area contributed by atoms with Crippen molar-refractivity contribution in [3.8, 4) is 18.1 Å². The summed E-state index contributed by atoms with van der Waals surface area (Å²) in [4.78, 5) is 24.7. The monoisotopic (exact) mass is 362 g/mol. The van der Waals surface area contributed by atoms with E-state index in [1.165, 1.54) is 0 Å². The minimum Gasteiger partial charge on any atom is -0.497 e. The van der Waals surface area contributed by atoms with Gasteiger partial charge in [-0.2, -0.15) is 0 Å². The number of rotatable bonds is 5. The first-order valence-electron chi connectivity index (χ1n) is 8.23. The largest absolute Gasteiger partial charge is 0.497 e. The highest BCUT2D eigenvalue weighted by molar-refractivity contribution is 6.08. The summed E-state index contributed by atoms with van der Waals surface area (Å²) in [6, 6.07) is 12.1. The van der Waals surface area contributed by atoms with Crippen LogP contribution in [-0.2, 0) is 4.79 Å². The standard InChI is InChI=1S/C21H18N2O4/c1-4-14-6-5-7-15(10-14)23-19(24)12-22-21(25)20-13(2)27-18-9-8-16(26-3)11-17(18)20/h1,5-11H,12H2,2-3H3,(H,22,25)(H,23,24). The average molecular weight is 362 g/mol. The third-order valence-electron chi connectivity index (χ3n) is 4.02. The highest BCUT2D eigenvalue weighted by Gasteiger charge is 2.19. The number of amides is 2. The maximum atomic E-state index is 12.6. The number of hydrogen-bond acceptors (Lipinski definition) is 4. The fraction of sp³-hybridized carbons (Fsp3) is 0.143. The Bertz CT molecular complexity index is 1060. The van der Waals surface area contributed by atoms with E-state index in [0.29, 0.717) is 39.3 Å². The SMILES string of the molecule is C#Cc1cccc(NC(=O)CNC(=O)c2c(C)oc3ccc(OC)cc23)c1. The lowest BCUT2D eigenvalue weighted by Crippen LogP contribution is -2.33. The van der Waals surface area contributed by atoms with Crippen LogP contribution in [0.3, 0.4) is 0 Å². The maximum Gasteiger partial charge on any atom is 0.255 e. The number of carbonyl (C=O) groups is 2. The number of benzene rings is 2. The normalized spacial score (nSPS) is 10.3. The zero-order valence-electron chi connectivity index (χ0n) is 15.0. The molecular formula is C21H18N2O4. The molecule has 0 spiro atoms. The molecule has 0 aliphatic rings. The Morgan fingerprint density at radius 2 is 2.04 bits per heavy atom. The summed E-state index contributed by atoms with van der Waals surface area (Å²) >= 11 is 0. The van der Waals surface area contributed by atoms with E-state index in [1.807, 2.05) is 0 Å². The van der Waals surface area contributed by atoms with E-state index >= 15 is 0 Å². The number of anilines is 1. The molecule has 0 saturated heterocycles. The number of methoxy groups -OCH3 is 1. The molecule has 2 amide bonds. The van der Waals surface area contributed by atoms with Crippen molar-refractivity contribution in [1.82, 2.24) is 5.32 Å². The summed E-state index contributed by atoms with van der Waals surface area (Å²) in [5.74, 6) is 2.83. The van der Waals surface area contributed by atoms with E-state index < -0.39 is 5.91 Å². The number of hydrogen-bond donors (Lipinski definition) is 2. The van der Waals surface area contributed by atoms with Gasteiger partial charge in [-0.25, -0.2) is 0 Å². The quantitative estimate of drug-likeness (QED) is 0.684. The van der Waals surface area contributed by atoms with Crippen LogP contribution in [0, 0.1) is 19.3 Å². The van der Waals surface area contributed by atoms with Crippen LogP contribution in [-0.4, -0.2) is 25.5 Å². The lowest BCUT2D eigenvalue weighted by molar-refractivity contribution is -0.115. The molecule has 0 fully saturated rings. The molecule has 0 aliphatic heterocycles. The van der Waals surface area contributed by atoms with Gasteiger partial charge in [0.05, 0.1) is 19.2 Å². The summed E-state index contributed by atoms with van der Waals surface area (Å²) in [6.45, 7) is 1.52. The molecule has 1 aromatic heterocycles. The molecule has 0 radical (unpaired) electrons. The summed E-state index contributed by atoms with van der Waals surface area (Å²) in [6.07, 6.45) is 5.34. The third kappa shape index (κ3) is 3.93. The number of nitrogens with one attached hydrogen (secondary N) is 2. The molecule has 2 N–H and O–H groups in total. The first-order chi connectivity index (χ1) is 13.0. The van der Waals surface area contributed by atoms with Crippen LogP contribution in [0.25, 0.3) is 11.0 Å². The third-order valence-corrected chi connectivity index (χ3v) is 4.02. The number of aryl methyl sites for hydroxylation is 1. The van der Waals surface area contributed by atoms with Crippen molar-refractivity contribution in [2.24, 2.45) is 0 Å². The van der Waals surface area contributed by atoms with Gasteiger partial charge in [-0.15, -0.1) is 6.42 Å². The zero-order valence-corrected chi connectivity index (χ0v) is 15.0. The van der Waals surface area contributed by atoms with Gasteiger partial charge in [-0.05, 0) is 43.3 Å². The van der Waals surface area contributed by atoms with Crippen LogP contribution in [0.1, 0.15) is 21.7 Å². The number of ether oxygens (including phenoxy) is 1. The van der Waals surface area contributed by atoms with Gasteiger partial charge < -0.3 is 19.8 Å². The fourth-order valence-electron chi connectivity index (χ4n) is 2.75. The number of furan rings is 1. The predicted octanol–water partition coefficient (Wildman–Crippen LogP) is 3.10. The second-order valence-corrected chi connectivity index (χ2v) is 5.85. The minimum atomic E-state index is -0.396. The zero-order chi connectivity index (χ0) is 19.4. The summed E-state index contributed by atoms with van der Waals surface area (Å²) in [7, 11) is 1.55. The first-order valence-corrected chi connectivity index (χ1v) is 8.23. The van der Waals surface area contributed by atoms with Crippen molar-refractivity contribution in [2.45, 2.75) is 6.92 Å². The van der Waals surface area contributed by atoms with Gasteiger partial charge in [-0.3, -0.25) is 9.59 Å². The van der Waals surface area contributed by atoms with Crippen LogP contribution in [0.15, 0.2) is 46.9 Å². The van der Waals surface area contributed by atoms with Crippen LogP contribution in [0.4, 0.5) is 5.69 Å². The first kappa shape index (κ1) is 18.1. The molecule has 2 aromatic carbocycles. The Kier molecular flexibility index (Phi) is 5.13. The highest BCUT2D eigenvalue weighted by Crippen LogP contribution is 2.28. The van der Waals surface area contributed by atoms with Crippen LogP contribution < -0.4 is 15.4 Å². The van der Waals surface area contributed by atoms with Crippen LogP contribution in [0.5, 0.6) is 5.75 Å². The van der Waals surface area contributed by atoms with Crippen molar-refractivity contribution in [3.05, 3.63) is 59.4 Å². The van der Waals surface area contributed by atoms with Crippen molar-refractivity contribution < 1.29 is 18.7 Å². The van der Waals surface area contributed by atoms with Gasteiger partial charge in [0.15, 0.2) is 0 Å². The van der Waals surface area contributed by atoms with E-state index in [9.17, 15) is 9.59 Å². The number of fused-ring (bicyclic) bond motifs is 1. The van der Waals surface area contributed by atoms with Gasteiger partial charge in [0.25, 0.3) is 5.91 Å². The van der Waals surface area contributed by atoms with Gasteiger partial charge in [0.1, 0.15) is 17.1 Å². The number of carbonyl (C=O) groups excluding carboxylic acids is 2. The lowest BCUT2D eigenvalue weighted by atomic mass is 10.1. The fourth-order valence-corrected chi connectivity index (χ4v) is 2.75. The maximum absolute atomic E-state index is 12.6. The molecule has 27 heavy (non-hydrogen) atoms. The molecule has 6 nitrogen and oxygen atoms in total. The van der Waals surface area contributed by atoms with Crippen molar-refractivity contribution >= 4 is 28.5 Å². The second-order valence-electron chi connectivity index (χ2n) is 5.85. The van der Waals surface area contributed by atoms with Gasteiger partial charge in [0, 0.05) is 16.6 Å². The molecule has 0 aliphatic carbocycles. The van der Waals surface area contributed by atoms with Gasteiger partial charge in [-0.1, -0.05) is 12.0 Å². The second kappa shape index (κ2) is 7.67. The molecular weight excluding hydrogens is 344 g/mol. The Hall–Kier alpha value is -3.72. The molecule has 1 heterocycles. The van der Waals surface area contributed by atoms with Crippen molar-refractivity contribution in [2.75, 3.05) is 19.0 Å². The van der Waals surface area contributed by atoms with Gasteiger partial charge in [0.2, 0.25) is 5.91 Å². The van der Waals surface area contributed by atoms with Gasteiger partial charge >= 0.3 is 0 Å². The molecule has 3 aromatic rings. The van der Waals surface area contributed by atoms with Crippen LogP contribution in [0.2, 0.25) is 0 Å². The highest BCUT2D eigenvalue weighted by atomic mass is 16.5. The minimum absolute atomic E-state index is 0.185. The van der Waals surface area contributed by atoms with E-state index in [2.05, 4.69) is 16.6 Å². The van der Waals surface area contributed by atoms with Crippen LogP contribution >= 0.6 is 0 Å². The molecule has 0 atom stereocenters. The predicted molar refractivity (Wildman–Crippen MR) is 103 cm³/mol. The average Bonchev–Trinajstić information content (AvgIpc) is 3.01. The summed E-state index contributed by atoms with van der Waals surface area (Å²) in [5.41, 5.74) is 2.19. The lowest BCUT2D eigenvalue weighted by Gasteiger charge is -2.07. The Labute approximate surface area is 156 Å². The van der Waals surface area contributed by atoms with E-state index in [0.717, 1.165) is 0 Å². The number of terminal acetylenes is 1. The molecule has 3 rings (SSSR count). The van der Waals surface area contributed by atoms with E-state index in [1.54, 1.807) is 56.5 Å². The smallest absolute Gasteiger partial charge is 0.255 e. The summed E-state index contributed by atoms with van der Waals surface area (Å²) < 4.78 is 10.8.